The fraction of sp³-hybridized carbons (Fsp3) is 0.294. The highest BCUT2D eigenvalue weighted by Gasteiger charge is 2.12. The summed E-state index contributed by atoms with van der Waals surface area (Å²) in [5.74, 6) is -2.85. The molecule has 0 aliphatic heterocycles. The molecule has 0 saturated carbocycles. The largest absolute Gasteiger partial charge is 0.346 e. The van der Waals surface area contributed by atoms with Crippen LogP contribution in [0.2, 0.25) is 0 Å². The van der Waals surface area contributed by atoms with Crippen molar-refractivity contribution in [1.29, 1.82) is 0 Å². The second-order valence-electron chi connectivity index (χ2n) is 5.46. The maximum atomic E-state index is 13.1. The Morgan fingerprint density at radius 3 is 2.54 bits per heavy atom. The Labute approximate surface area is 162 Å². The summed E-state index contributed by atoms with van der Waals surface area (Å²) in [5, 5.41) is 4.92. The lowest BCUT2D eigenvalue weighted by atomic mass is 10.3. The number of anilines is 1. The van der Waals surface area contributed by atoms with E-state index in [0.717, 1.165) is 20.8 Å². The molecular formula is C17H18BrF2N3O2S. The van der Waals surface area contributed by atoms with Crippen LogP contribution < -0.4 is 10.6 Å². The van der Waals surface area contributed by atoms with Gasteiger partial charge >= 0.3 is 0 Å². The lowest BCUT2D eigenvalue weighted by Crippen LogP contribution is -2.40. The van der Waals surface area contributed by atoms with Gasteiger partial charge in [-0.15, -0.1) is 11.3 Å². The van der Waals surface area contributed by atoms with E-state index < -0.39 is 17.5 Å². The molecule has 2 N–H and O–H groups in total. The van der Waals surface area contributed by atoms with Crippen LogP contribution in [0.4, 0.5) is 14.5 Å². The number of carbonyl (C=O) groups excluding carboxylic acids is 2. The van der Waals surface area contributed by atoms with E-state index in [0.29, 0.717) is 13.1 Å². The van der Waals surface area contributed by atoms with Crippen molar-refractivity contribution in [3.05, 3.63) is 50.6 Å². The van der Waals surface area contributed by atoms with Crippen LogP contribution in [0.15, 0.2) is 34.1 Å². The molecule has 1 aromatic heterocycles. The average Bonchev–Trinajstić information content (AvgIpc) is 3.00. The molecule has 1 aromatic carbocycles. The van der Waals surface area contributed by atoms with Crippen molar-refractivity contribution >= 4 is 44.8 Å². The molecule has 0 aliphatic rings. The smallest absolute Gasteiger partial charge is 0.243 e. The summed E-state index contributed by atoms with van der Waals surface area (Å²) >= 11 is 5.01. The molecule has 0 aliphatic carbocycles. The molecular weight excluding hydrogens is 428 g/mol. The van der Waals surface area contributed by atoms with Crippen LogP contribution in [0, 0.1) is 11.6 Å². The first kappa shape index (κ1) is 20.5. The minimum Gasteiger partial charge on any atom is -0.346 e. The molecule has 0 unspecified atom stereocenters. The lowest BCUT2D eigenvalue weighted by molar-refractivity contribution is -0.125. The van der Waals surface area contributed by atoms with Crippen molar-refractivity contribution in [2.45, 2.75) is 13.5 Å². The number of amides is 2. The second-order valence-corrected chi connectivity index (χ2v) is 8.01. The van der Waals surface area contributed by atoms with Crippen molar-refractivity contribution in [2.75, 3.05) is 25.0 Å². The van der Waals surface area contributed by atoms with E-state index in [1.165, 1.54) is 6.07 Å². The molecule has 1 heterocycles. The summed E-state index contributed by atoms with van der Waals surface area (Å²) < 4.78 is 27.0. The zero-order valence-electron chi connectivity index (χ0n) is 14.0. The van der Waals surface area contributed by atoms with Crippen molar-refractivity contribution in [3.8, 4) is 0 Å². The first-order valence-corrected chi connectivity index (χ1v) is 9.46. The monoisotopic (exact) mass is 445 g/mol. The minimum atomic E-state index is -1.05. The van der Waals surface area contributed by atoms with Gasteiger partial charge in [0.2, 0.25) is 11.8 Å². The Hall–Kier alpha value is -1.84. The third kappa shape index (κ3) is 6.47. The first-order valence-electron chi connectivity index (χ1n) is 7.85. The van der Waals surface area contributed by atoms with Crippen LogP contribution in [0.25, 0.3) is 0 Å². The molecule has 0 fully saturated rings. The van der Waals surface area contributed by atoms with Crippen LogP contribution >= 0.6 is 27.3 Å². The van der Waals surface area contributed by atoms with Crippen molar-refractivity contribution in [2.24, 2.45) is 0 Å². The van der Waals surface area contributed by atoms with Crippen LogP contribution in [-0.2, 0) is 16.1 Å². The van der Waals surface area contributed by atoms with Gasteiger partial charge in [-0.1, -0.05) is 6.92 Å². The van der Waals surface area contributed by atoms with Gasteiger partial charge in [-0.2, -0.15) is 0 Å². The number of carbonyl (C=O) groups is 2. The van der Waals surface area contributed by atoms with E-state index in [4.69, 9.17) is 0 Å². The normalized spacial score (nSPS) is 10.8. The number of nitrogens with zero attached hydrogens (tertiary/aromatic N) is 1. The molecule has 2 rings (SSSR count). The number of rotatable bonds is 8. The van der Waals surface area contributed by atoms with Gasteiger partial charge in [-0.25, -0.2) is 8.78 Å². The maximum Gasteiger partial charge on any atom is 0.243 e. The number of benzene rings is 1. The molecule has 140 valence electrons. The predicted octanol–water partition coefficient (Wildman–Crippen LogP) is 3.37. The zero-order valence-corrected chi connectivity index (χ0v) is 16.4. The highest BCUT2D eigenvalue weighted by atomic mass is 79.9. The Balaban J connectivity index is 1.77. The van der Waals surface area contributed by atoms with Crippen LogP contribution in [0.1, 0.15) is 11.8 Å². The van der Waals surface area contributed by atoms with Gasteiger partial charge in [-0.05, 0) is 46.7 Å². The lowest BCUT2D eigenvalue weighted by Gasteiger charge is -2.18. The SMILES string of the molecule is CCN(CC(=O)NCC(=O)Nc1ccc(F)c(F)c1)Cc1ccc(Br)s1. The van der Waals surface area contributed by atoms with Gasteiger partial charge in [0.15, 0.2) is 11.6 Å². The minimum absolute atomic E-state index is 0.126. The van der Waals surface area contributed by atoms with Crippen LogP contribution in [0.5, 0.6) is 0 Å². The quantitative estimate of drug-likeness (QED) is 0.654. The first-order chi connectivity index (χ1) is 12.4. The van der Waals surface area contributed by atoms with Gasteiger partial charge in [0.25, 0.3) is 0 Å². The number of halogens is 3. The summed E-state index contributed by atoms with van der Waals surface area (Å²) in [6.07, 6.45) is 0. The molecule has 5 nitrogen and oxygen atoms in total. The summed E-state index contributed by atoms with van der Waals surface area (Å²) in [6, 6.07) is 7.00. The summed E-state index contributed by atoms with van der Waals surface area (Å²) in [6.45, 7) is 3.18. The summed E-state index contributed by atoms with van der Waals surface area (Å²) in [4.78, 5) is 26.9. The Kier molecular flexibility index (Phi) is 7.67. The fourth-order valence-electron chi connectivity index (χ4n) is 2.15. The third-order valence-corrected chi connectivity index (χ3v) is 5.08. The molecule has 0 bridgehead atoms. The molecule has 9 heteroatoms. The molecule has 0 spiro atoms. The molecule has 0 saturated heterocycles. The number of hydrogen-bond donors (Lipinski definition) is 2. The summed E-state index contributed by atoms with van der Waals surface area (Å²) in [7, 11) is 0. The summed E-state index contributed by atoms with van der Waals surface area (Å²) in [5.41, 5.74) is 0.126. The topological polar surface area (TPSA) is 61.4 Å². The van der Waals surface area contributed by atoms with E-state index in [-0.39, 0.29) is 24.7 Å². The average molecular weight is 446 g/mol. The van der Waals surface area contributed by atoms with Gasteiger partial charge < -0.3 is 10.6 Å². The fourth-order valence-corrected chi connectivity index (χ4v) is 3.68. The number of likely N-dealkylation sites (N-methyl/N-ethyl adjacent to an activating group) is 1. The Morgan fingerprint density at radius 2 is 1.92 bits per heavy atom. The van der Waals surface area contributed by atoms with Gasteiger partial charge in [0.1, 0.15) is 0 Å². The van der Waals surface area contributed by atoms with Crippen molar-refractivity contribution < 1.29 is 18.4 Å². The van der Waals surface area contributed by atoms with Gasteiger partial charge in [0.05, 0.1) is 16.9 Å². The number of nitrogens with one attached hydrogen (secondary N) is 2. The zero-order chi connectivity index (χ0) is 19.1. The van der Waals surface area contributed by atoms with Crippen LogP contribution in [0.3, 0.4) is 0 Å². The number of thiophene rings is 1. The van der Waals surface area contributed by atoms with Gasteiger partial charge in [-0.3, -0.25) is 14.5 Å². The number of hydrogen-bond acceptors (Lipinski definition) is 4. The second kappa shape index (κ2) is 9.75. The van der Waals surface area contributed by atoms with E-state index in [9.17, 15) is 18.4 Å². The molecule has 0 atom stereocenters. The van der Waals surface area contributed by atoms with Crippen molar-refractivity contribution in [3.63, 3.8) is 0 Å². The Morgan fingerprint density at radius 1 is 1.15 bits per heavy atom. The standard InChI is InChI=1S/C17H18BrF2N3O2S/c1-2-23(9-12-4-6-15(18)26-12)10-17(25)21-8-16(24)22-11-3-5-13(19)14(20)7-11/h3-7H,2,8-10H2,1H3,(H,21,25)(H,22,24). The maximum absolute atomic E-state index is 13.1. The molecule has 2 amide bonds. The van der Waals surface area contributed by atoms with Crippen LogP contribution in [-0.4, -0.2) is 36.3 Å². The van der Waals surface area contributed by atoms with Gasteiger partial charge in [0, 0.05) is 23.2 Å². The van der Waals surface area contributed by atoms with E-state index in [2.05, 4.69) is 26.6 Å². The Bertz CT molecular complexity index is 785. The highest BCUT2D eigenvalue weighted by Crippen LogP contribution is 2.23. The predicted molar refractivity (Wildman–Crippen MR) is 101 cm³/mol. The highest BCUT2D eigenvalue weighted by molar-refractivity contribution is 9.11. The molecule has 26 heavy (non-hydrogen) atoms. The van der Waals surface area contributed by atoms with E-state index in [1.54, 1.807) is 11.3 Å². The molecule has 0 radical (unpaired) electrons. The van der Waals surface area contributed by atoms with E-state index in [1.807, 2.05) is 24.0 Å². The molecule has 2 aromatic rings. The third-order valence-electron chi connectivity index (χ3n) is 3.47. The van der Waals surface area contributed by atoms with E-state index >= 15 is 0 Å². The van der Waals surface area contributed by atoms with Crippen molar-refractivity contribution in [1.82, 2.24) is 10.2 Å².